The minimum atomic E-state index is -1.68. The Kier molecular flexibility index (Phi) is 18.5. The summed E-state index contributed by atoms with van der Waals surface area (Å²) >= 11 is 0. The van der Waals surface area contributed by atoms with E-state index >= 15 is 0 Å². The van der Waals surface area contributed by atoms with Crippen molar-refractivity contribution in [3.05, 3.63) is 0 Å². The van der Waals surface area contributed by atoms with Crippen LogP contribution in [0.5, 0.6) is 0 Å². The number of nitrogens with one attached hydrogen (secondary N) is 3. The molecule has 15 atom stereocenters. The molecule has 6 unspecified atom stereocenters. The molecule has 4 fully saturated rings. The van der Waals surface area contributed by atoms with Crippen molar-refractivity contribution >= 4 is 29.7 Å². The highest BCUT2D eigenvalue weighted by Crippen LogP contribution is 2.40. The van der Waals surface area contributed by atoms with Crippen LogP contribution in [0.25, 0.3) is 0 Å². The number of rotatable bonds is 19. The van der Waals surface area contributed by atoms with Crippen molar-refractivity contribution in [3.8, 4) is 0 Å². The summed E-state index contributed by atoms with van der Waals surface area (Å²) in [7, 11) is 0. The number of hydrogen-bond donors (Lipinski definition) is 10. The van der Waals surface area contributed by atoms with Gasteiger partial charge in [-0.15, -0.1) is 0 Å². The third-order valence-corrected chi connectivity index (χ3v) is 11.6. The van der Waals surface area contributed by atoms with Gasteiger partial charge in [-0.3, -0.25) is 19.2 Å². The first-order valence-corrected chi connectivity index (χ1v) is 20.4. The van der Waals surface area contributed by atoms with Gasteiger partial charge in [0, 0.05) is 32.4 Å². The summed E-state index contributed by atoms with van der Waals surface area (Å²) in [5.74, 6) is -5.03. The summed E-state index contributed by atoms with van der Waals surface area (Å²) in [6.07, 6.45) is -11.7. The molecular formula is C38H63N3O17. The molecule has 0 aromatic rings. The van der Waals surface area contributed by atoms with Crippen molar-refractivity contribution in [2.24, 2.45) is 17.8 Å². The number of ether oxygens (including phenoxy) is 5. The molecule has 2 heterocycles. The highest BCUT2D eigenvalue weighted by atomic mass is 16.7. The largest absolute Gasteiger partial charge is 0.481 e. The zero-order chi connectivity index (χ0) is 42.7. The van der Waals surface area contributed by atoms with Crippen LogP contribution >= 0.6 is 0 Å². The third-order valence-electron chi connectivity index (χ3n) is 11.6. The highest BCUT2D eigenvalue weighted by molar-refractivity contribution is 5.81. The van der Waals surface area contributed by atoms with E-state index in [1.807, 2.05) is 6.92 Å². The number of carboxylic acid groups (broad SMARTS) is 2. The molecule has 0 radical (unpaired) electrons. The normalized spacial score (nSPS) is 36.3. The van der Waals surface area contributed by atoms with E-state index in [1.165, 1.54) is 13.8 Å². The summed E-state index contributed by atoms with van der Waals surface area (Å²) in [5.41, 5.74) is 0. The number of aliphatic hydroxyl groups excluding tert-OH is 5. The molecule has 2 aliphatic heterocycles. The third kappa shape index (κ3) is 13.0. The molecule has 10 N–H and O–H groups in total. The molecule has 4 aliphatic rings. The topological polar surface area (TPSA) is 309 Å². The second-order valence-electron chi connectivity index (χ2n) is 15.9. The first kappa shape index (κ1) is 47.6. The molecule has 0 bridgehead atoms. The minimum absolute atomic E-state index is 0.0215. The van der Waals surface area contributed by atoms with Crippen LogP contribution in [0, 0.1) is 17.8 Å². The molecule has 2 saturated carbocycles. The van der Waals surface area contributed by atoms with Crippen LogP contribution in [-0.4, -0.2) is 165 Å². The molecule has 4 rings (SSSR count). The summed E-state index contributed by atoms with van der Waals surface area (Å²) < 4.78 is 30.9. The Hall–Kier alpha value is -3.05. The van der Waals surface area contributed by atoms with E-state index in [4.69, 9.17) is 28.8 Å². The van der Waals surface area contributed by atoms with Crippen molar-refractivity contribution in [1.82, 2.24) is 16.0 Å². The molecule has 3 amide bonds. The van der Waals surface area contributed by atoms with Gasteiger partial charge in [-0.1, -0.05) is 45.4 Å². The van der Waals surface area contributed by atoms with Gasteiger partial charge >= 0.3 is 11.9 Å². The molecule has 20 heteroatoms. The quantitative estimate of drug-likeness (QED) is 0.0663. The summed E-state index contributed by atoms with van der Waals surface area (Å²) in [6.45, 7) is 3.84. The molecule has 0 spiro atoms. The number of hydrogen-bond acceptors (Lipinski definition) is 15. The van der Waals surface area contributed by atoms with E-state index in [0.717, 1.165) is 32.1 Å². The van der Waals surface area contributed by atoms with Crippen molar-refractivity contribution in [2.75, 3.05) is 19.7 Å². The molecule has 2 aliphatic carbocycles. The van der Waals surface area contributed by atoms with Crippen LogP contribution in [-0.2, 0) is 47.7 Å². The predicted octanol–water partition coefficient (Wildman–Crippen LogP) is -1.49. The van der Waals surface area contributed by atoms with Crippen LogP contribution in [0.2, 0.25) is 0 Å². The van der Waals surface area contributed by atoms with Gasteiger partial charge in [-0.05, 0) is 38.0 Å². The van der Waals surface area contributed by atoms with Gasteiger partial charge in [0.25, 0.3) is 0 Å². The van der Waals surface area contributed by atoms with Gasteiger partial charge in [-0.25, -0.2) is 4.79 Å². The molecular weight excluding hydrogens is 770 g/mol. The number of carbonyl (C=O) groups excluding carboxylic acids is 3. The monoisotopic (exact) mass is 833 g/mol. The second-order valence-corrected chi connectivity index (χ2v) is 15.9. The zero-order valence-electron chi connectivity index (χ0n) is 33.4. The Morgan fingerprint density at radius 2 is 1.50 bits per heavy atom. The summed E-state index contributed by atoms with van der Waals surface area (Å²) in [6, 6.07) is -1.34. The molecule has 0 aromatic carbocycles. The smallest absolute Gasteiger partial charge is 0.332 e. The fraction of sp³-hybridized carbons (Fsp3) is 0.868. The Balaban J connectivity index is 1.61. The maximum Gasteiger partial charge on any atom is 0.332 e. The highest BCUT2D eigenvalue weighted by Gasteiger charge is 2.53. The van der Waals surface area contributed by atoms with Gasteiger partial charge in [0.05, 0.1) is 31.3 Å². The molecule has 58 heavy (non-hydrogen) atoms. The minimum Gasteiger partial charge on any atom is -0.481 e. The van der Waals surface area contributed by atoms with Gasteiger partial charge in [0.15, 0.2) is 18.7 Å². The summed E-state index contributed by atoms with van der Waals surface area (Å²) in [4.78, 5) is 61.6. The number of carboxylic acids is 2. The Morgan fingerprint density at radius 3 is 2.12 bits per heavy atom. The zero-order valence-corrected chi connectivity index (χ0v) is 33.4. The Labute approximate surface area is 337 Å². The lowest BCUT2D eigenvalue weighted by Gasteiger charge is -2.49. The Morgan fingerprint density at radius 1 is 0.810 bits per heavy atom. The number of aliphatic hydroxyl groups is 5. The van der Waals surface area contributed by atoms with Gasteiger partial charge < -0.3 is 75.4 Å². The molecule has 20 nitrogen and oxygen atoms in total. The average Bonchev–Trinajstić information content (AvgIpc) is 3.19. The van der Waals surface area contributed by atoms with Crippen LogP contribution < -0.4 is 16.0 Å². The molecule has 332 valence electrons. The predicted molar refractivity (Wildman–Crippen MR) is 198 cm³/mol. The van der Waals surface area contributed by atoms with Gasteiger partial charge in [0.1, 0.15) is 42.7 Å². The Bertz CT molecular complexity index is 1370. The van der Waals surface area contributed by atoms with Crippen molar-refractivity contribution in [3.63, 3.8) is 0 Å². The molecule has 0 aromatic heterocycles. The van der Waals surface area contributed by atoms with E-state index in [2.05, 4.69) is 16.0 Å². The van der Waals surface area contributed by atoms with E-state index in [0.29, 0.717) is 6.42 Å². The first-order valence-electron chi connectivity index (χ1n) is 20.4. The van der Waals surface area contributed by atoms with Crippen molar-refractivity contribution in [1.29, 1.82) is 0 Å². The fourth-order valence-electron chi connectivity index (χ4n) is 8.42. The van der Waals surface area contributed by atoms with Crippen LogP contribution in [0.1, 0.15) is 91.4 Å². The van der Waals surface area contributed by atoms with E-state index in [1.54, 1.807) is 0 Å². The van der Waals surface area contributed by atoms with E-state index < -0.39 is 128 Å². The number of amides is 3. The lowest BCUT2D eigenvalue weighted by molar-refractivity contribution is -0.338. The van der Waals surface area contributed by atoms with Gasteiger partial charge in [-0.2, -0.15) is 0 Å². The number of carbonyl (C=O) groups is 5. The molecule has 2 saturated heterocycles. The standard InChI is InChI=1S/C38H63N3O17/c1-4-21-15-22(35(51)40-13-12-39-26(44)10-11-27(45)46)16-23(33(21)58-38-32(50)31(49)29(47)18(2)54-38)56-37-28(41-19(3)43)34(30(48)25(17-42)57-37)55-24(36(52)53)14-20-8-6-5-7-9-20/h18,20-25,28-34,37-38,42,47-50H,4-17H2,1-3H3,(H,39,44)(H,40,51)(H,41,43)(H,45,46)(H,52,53)/t18?,21?,22?,23-,24+,25+,28?,29-,30+,31+,32?,33-,34?,37-,38+/m1/s1. The average molecular weight is 834 g/mol. The van der Waals surface area contributed by atoms with Crippen LogP contribution in [0.3, 0.4) is 0 Å². The first-order chi connectivity index (χ1) is 27.5. The van der Waals surface area contributed by atoms with Crippen LogP contribution in [0.4, 0.5) is 0 Å². The number of aliphatic carboxylic acids is 2. The van der Waals surface area contributed by atoms with Crippen molar-refractivity contribution < 1.29 is 83.4 Å². The van der Waals surface area contributed by atoms with Crippen LogP contribution in [0.15, 0.2) is 0 Å². The lowest BCUT2D eigenvalue weighted by atomic mass is 9.75. The van der Waals surface area contributed by atoms with E-state index in [-0.39, 0.29) is 51.1 Å². The maximum absolute atomic E-state index is 13.6. The van der Waals surface area contributed by atoms with E-state index in [9.17, 15) is 54.6 Å². The van der Waals surface area contributed by atoms with Crippen molar-refractivity contribution in [2.45, 2.75) is 171 Å². The fourth-order valence-corrected chi connectivity index (χ4v) is 8.42. The van der Waals surface area contributed by atoms with Gasteiger partial charge in [0.2, 0.25) is 17.7 Å². The SMILES string of the molecule is CCC1CC(C(=O)NCCNC(=O)CCC(=O)O)C[C@@H](O[C@@H]2O[C@@H](CO)[C@H](O)C(O[C@@H](CC3CCCCC3)C(=O)O)C2NC(C)=O)[C@@H]1O[C@@H]1OC(C)[C@@H](O)[C@H](O)C1O. The summed E-state index contributed by atoms with van der Waals surface area (Å²) in [5, 5.41) is 80.5. The maximum atomic E-state index is 13.6. The lowest BCUT2D eigenvalue weighted by Crippen LogP contribution is -2.67. The second kappa shape index (κ2) is 22.5.